The van der Waals surface area contributed by atoms with Crippen molar-refractivity contribution < 1.29 is 14.0 Å². The molecule has 0 aliphatic carbocycles. The van der Waals surface area contributed by atoms with E-state index in [1.54, 1.807) is 13.1 Å². The summed E-state index contributed by atoms with van der Waals surface area (Å²) in [5.41, 5.74) is 2.49. The largest absolute Gasteiger partial charge is 0.467 e. The second-order valence-electron chi connectivity index (χ2n) is 4.47. The van der Waals surface area contributed by atoms with Crippen LogP contribution in [0.2, 0.25) is 0 Å². The lowest BCUT2D eigenvalue weighted by Gasteiger charge is -2.22. The third kappa shape index (κ3) is 2.77. The Balaban J connectivity index is 2.10. The van der Waals surface area contributed by atoms with Crippen LogP contribution in [-0.2, 0) is 11.3 Å². The molecule has 1 fully saturated rings. The van der Waals surface area contributed by atoms with Gasteiger partial charge in [0.15, 0.2) is 0 Å². The van der Waals surface area contributed by atoms with Gasteiger partial charge in [0.1, 0.15) is 5.76 Å². The summed E-state index contributed by atoms with van der Waals surface area (Å²) in [5, 5.41) is 2.65. The minimum Gasteiger partial charge on any atom is -0.467 e. The van der Waals surface area contributed by atoms with Gasteiger partial charge in [-0.05, 0) is 25.5 Å². The normalized spacial score (nSPS) is 19.4. The predicted octanol–water partition coefficient (Wildman–Crippen LogP) is -0.406. The van der Waals surface area contributed by atoms with E-state index < -0.39 is 0 Å². The monoisotopic (exact) mass is 266 g/mol. The first-order valence-electron chi connectivity index (χ1n) is 6.20. The Labute approximate surface area is 111 Å². The van der Waals surface area contributed by atoms with Gasteiger partial charge >= 0.3 is 0 Å². The smallest absolute Gasteiger partial charge is 0.268 e. The third-order valence-electron chi connectivity index (χ3n) is 3.38. The second kappa shape index (κ2) is 5.85. The number of carbonyl (C=O) groups excluding carboxylic acids is 2. The highest BCUT2D eigenvalue weighted by Crippen LogP contribution is 2.22. The number of nitrogens with zero attached hydrogens (tertiary/aromatic N) is 1. The molecule has 1 saturated heterocycles. The number of likely N-dealkylation sites (N-methyl/N-ethyl adjacent to an activating group) is 1. The maximum Gasteiger partial charge on any atom is 0.268 e. The van der Waals surface area contributed by atoms with Crippen LogP contribution in [0.25, 0.3) is 0 Å². The van der Waals surface area contributed by atoms with Crippen LogP contribution in [0.4, 0.5) is 0 Å². The summed E-state index contributed by atoms with van der Waals surface area (Å²) in [4.78, 5) is 25.3. The summed E-state index contributed by atoms with van der Waals surface area (Å²) in [6.45, 7) is 1.23. The molecule has 0 aromatic carbocycles. The van der Waals surface area contributed by atoms with Crippen LogP contribution in [0, 0.1) is 0 Å². The Hall–Kier alpha value is -1.86. The van der Waals surface area contributed by atoms with Crippen LogP contribution in [0.5, 0.6) is 0 Å². The lowest BCUT2D eigenvalue weighted by molar-refractivity contribution is -0.125. The van der Waals surface area contributed by atoms with Gasteiger partial charge in [0, 0.05) is 7.05 Å². The fourth-order valence-corrected chi connectivity index (χ4v) is 2.41. The predicted molar refractivity (Wildman–Crippen MR) is 67.9 cm³/mol. The van der Waals surface area contributed by atoms with Crippen LogP contribution in [-0.4, -0.2) is 36.3 Å². The number of furan rings is 1. The van der Waals surface area contributed by atoms with Crippen LogP contribution < -0.4 is 16.6 Å². The number of hydrazine groups is 1. The molecular weight excluding hydrogens is 248 g/mol. The van der Waals surface area contributed by atoms with Crippen molar-refractivity contribution >= 4 is 11.8 Å². The van der Waals surface area contributed by atoms with Crippen LogP contribution >= 0.6 is 0 Å². The molecule has 1 aliphatic heterocycles. The second-order valence-corrected chi connectivity index (χ2v) is 4.47. The van der Waals surface area contributed by atoms with Crippen molar-refractivity contribution in [1.82, 2.24) is 15.6 Å². The van der Waals surface area contributed by atoms with E-state index in [-0.39, 0.29) is 17.9 Å². The van der Waals surface area contributed by atoms with E-state index in [1.807, 2.05) is 4.90 Å². The molecule has 1 atom stereocenters. The summed E-state index contributed by atoms with van der Waals surface area (Å²) in [6, 6.07) is 1.41. The lowest BCUT2D eigenvalue weighted by atomic mass is 10.2. The van der Waals surface area contributed by atoms with Crippen molar-refractivity contribution in [2.24, 2.45) is 5.84 Å². The molecule has 0 bridgehead atoms. The molecule has 2 heterocycles. The number of hydrogen-bond acceptors (Lipinski definition) is 5. The molecule has 1 unspecified atom stereocenters. The topological polar surface area (TPSA) is 101 Å². The van der Waals surface area contributed by atoms with Crippen molar-refractivity contribution in [2.45, 2.75) is 25.4 Å². The van der Waals surface area contributed by atoms with Crippen molar-refractivity contribution in [3.05, 3.63) is 23.7 Å². The highest BCUT2D eigenvalue weighted by molar-refractivity contribution is 5.94. The van der Waals surface area contributed by atoms with E-state index in [4.69, 9.17) is 10.3 Å². The first-order chi connectivity index (χ1) is 9.17. The maximum atomic E-state index is 11.7. The molecule has 104 valence electrons. The van der Waals surface area contributed by atoms with E-state index >= 15 is 0 Å². The fraction of sp³-hybridized carbons (Fsp3) is 0.500. The first kappa shape index (κ1) is 13.6. The van der Waals surface area contributed by atoms with E-state index in [9.17, 15) is 9.59 Å². The first-order valence-corrected chi connectivity index (χ1v) is 6.20. The van der Waals surface area contributed by atoms with Gasteiger partial charge in [0.25, 0.3) is 5.91 Å². The van der Waals surface area contributed by atoms with Gasteiger partial charge in [-0.25, -0.2) is 5.84 Å². The lowest BCUT2D eigenvalue weighted by Crippen LogP contribution is -2.41. The fourth-order valence-electron chi connectivity index (χ4n) is 2.41. The molecule has 1 aliphatic rings. The minimum atomic E-state index is -0.389. The molecular formula is C12H18N4O3. The minimum absolute atomic E-state index is 0.00566. The Kier molecular flexibility index (Phi) is 4.18. The molecule has 4 N–H and O–H groups in total. The van der Waals surface area contributed by atoms with Gasteiger partial charge in [-0.3, -0.25) is 19.9 Å². The number of likely N-dealkylation sites (tertiary alicyclic amines) is 1. The molecule has 0 saturated carbocycles. The standard InChI is InChI=1S/C12H18N4O3/c1-14-12(18)9-3-2-5-16(9)7-10-8(4-6-19-10)11(17)15-13/h4,6,9H,2-3,5,7,13H2,1H3,(H,14,18)(H,15,17). The number of carbonyl (C=O) groups is 2. The Morgan fingerprint density at radius 1 is 1.58 bits per heavy atom. The summed E-state index contributed by atoms with van der Waals surface area (Å²) < 4.78 is 5.32. The highest BCUT2D eigenvalue weighted by Gasteiger charge is 2.31. The molecule has 7 nitrogen and oxygen atoms in total. The highest BCUT2D eigenvalue weighted by atomic mass is 16.3. The van der Waals surface area contributed by atoms with E-state index in [0.717, 1.165) is 19.4 Å². The number of nitrogen functional groups attached to an aromatic ring is 1. The Morgan fingerprint density at radius 2 is 2.37 bits per heavy atom. The zero-order chi connectivity index (χ0) is 13.8. The molecule has 7 heteroatoms. The van der Waals surface area contributed by atoms with Crippen molar-refractivity contribution in [3.63, 3.8) is 0 Å². The zero-order valence-electron chi connectivity index (χ0n) is 10.8. The van der Waals surface area contributed by atoms with E-state index in [1.165, 1.54) is 6.26 Å². The van der Waals surface area contributed by atoms with Gasteiger partial charge in [-0.1, -0.05) is 0 Å². The summed E-state index contributed by atoms with van der Waals surface area (Å²) in [7, 11) is 1.62. The maximum absolute atomic E-state index is 11.7. The molecule has 0 radical (unpaired) electrons. The Morgan fingerprint density at radius 3 is 3.05 bits per heavy atom. The van der Waals surface area contributed by atoms with Gasteiger partial charge in [0.05, 0.1) is 24.4 Å². The van der Waals surface area contributed by atoms with Crippen molar-refractivity contribution in [3.8, 4) is 0 Å². The number of rotatable bonds is 4. The van der Waals surface area contributed by atoms with E-state index in [0.29, 0.717) is 17.9 Å². The van der Waals surface area contributed by atoms with Gasteiger partial charge < -0.3 is 9.73 Å². The van der Waals surface area contributed by atoms with Gasteiger partial charge in [-0.15, -0.1) is 0 Å². The van der Waals surface area contributed by atoms with Gasteiger partial charge in [-0.2, -0.15) is 0 Å². The Bertz CT molecular complexity index is 471. The number of nitrogens with one attached hydrogen (secondary N) is 2. The SMILES string of the molecule is CNC(=O)C1CCCN1Cc1occc1C(=O)NN. The summed E-state index contributed by atoms with van der Waals surface area (Å²) >= 11 is 0. The zero-order valence-corrected chi connectivity index (χ0v) is 10.8. The molecule has 1 aromatic heterocycles. The van der Waals surface area contributed by atoms with Crippen molar-refractivity contribution in [1.29, 1.82) is 0 Å². The average Bonchev–Trinajstić information content (AvgIpc) is 3.06. The van der Waals surface area contributed by atoms with E-state index in [2.05, 4.69) is 10.7 Å². The number of nitrogens with two attached hydrogens (primary N) is 1. The number of amides is 2. The summed E-state index contributed by atoms with van der Waals surface area (Å²) in [5.74, 6) is 5.25. The molecule has 19 heavy (non-hydrogen) atoms. The number of hydrogen-bond donors (Lipinski definition) is 3. The van der Waals surface area contributed by atoms with Gasteiger partial charge in [0.2, 0.25) is 5.91 Å². The van der Waals surface area contributed by atoms with Crippen molar-refractivity contribution in [2.75, 3.05) is 13.6 Å². The molecule has 1 aromatic rings. The summed E-state index contributed by atoms with van der Waals surface area (Å²) in [6.07, 6.45) is 3.22. The molecule has 2 amide bonds. The molecule has 0 spiro atoms. The molecule has 2 rings (SSSR count). The van der Waals surface area contributed by atoms with Crippen LogP contribution in [0.1, 0.15) is 29.0 Å². The third-order valence-corrected chi connectivity index (χ3v) is 3.38. The van der Waals surface area contributed by atoms with Crippen LogP contribution in [0.3, 0.4) is 0 Å². The van der Waals surface area contributed by atoms with Crippen LogP contribution in [0.15, 0.2) is 16.7 Å². The quantitative estimate of drug-likeness (QED) is 0.391. The average molecular weight is 266 g/mol.